The number of likely N-dealkylation sites (tertiary alicyclic amines) is 2. The minimum Gasteiger partial charge on any atom is -0.493 e. The fourth-order valence-corrected chi connectivity index (χ4v) is 7.96. The highest BCUT2D eigenvalue weighted by atomic mass is 32.2. The number of non-ortho nitro benzene ring substituents is 1. The van der Waals surface area contributed by atoms with E-state index in [0.717, 1.165) is 84.2 Å². The number of hydrogen-bond donors (Lipinski definition) is 1. The number of benzene rings is 2. The zero-order valence-electron chi connectivity index (χ0n) is 29.5. The number of aromatic amines is 1. The van der Waals surface area contributed by atoms with Gasteiger partial charge < -0.3 is 19.4 Å². The van der Waals surface area contributed by atoms with Crippen LogP contribution in [0.2, 0.25) is 0 Å². The molecule has 1 N–H and O–H groups in total. The molecule has 0 saturated carbocycles. The van der Waals surface area contributed by atoms with Gasteiger partial charge in [0.15, 0.2) is 5.82 Å². The number of thioether (sulfide) groups is 1. The van der Waals surface area contributed by atoms with Crippen LogP contribution in [0.4, 0.5) is 20.2 Å². The Hall–Kier alpha value is -3.33. The van der Waals surface area contributed by atoms with E-state index >= 15 is 0 Å². The number of aromatic nitrogens is 2. The van der Waals surface area contributed by atoms with Gasteiger partial charge in [0.2, 0.25) is 0 Å². The second-order valence-corrected chi connectivity index (χ2v) is 14.1. The first-order valence-corrected chi connectivity index (χ1v) is 19.1. The van der Waals surface area contributed by atoms with Crippen molar-refractivity contribution in [1.82, 2.24) is 19.8 Å². The minimum absolute atomic E-state index is 0.0388. The van der Waals surface area contributed by atoms with Crippen LogP contribution < -0.4 is 15.2 Å². The summed E-state index contributed by atoms with van der Waals surface area (Å²) >= 11 is 1.74. The van der Waals surface area contributed by atoms with Crippen LogP contribution >= 0.6 is 11.8 Å². The highest BCUT2D eigenvalue weighted by Crippen LogP contribution is 2.33. The maximum absolute atomic E-state index is 14.9. The van der Waals surface area contributed by atoms with Crippen molar-refractivity contribution in [2.75, 3.05) is 64.0 Å². The molecule has 14 heteroatoms. The molecular weight excluding hydrogens is 666 g/mol. The third-order valence-electron chi connectivity index (χ3n) is 9.81. The summed E-state index contributed by atoms with van der Waals surface area (Å²) in [6, 6.07) is 7.66. The van der Waals surface area contributed by atoms with Gasteiger partial charge in [-0.3, -0.25) is 24.7 Å². The SMILES string of the molecule is CC.CC.O=c1[nH]c(CSC2CCOCC2)nc2cc(OCC3CCN(C4CN(C5CN(c6ccc([N+](=O)[O-])cc6F)C5)C4)CC3)cc(F)c12. The summed E-state index contributed by atoms with van der Waals surface area (Å²) in [7, 11) is 0. The molecule has 0 radical (unpaired) electrons. The van der Waals surface area contributed by atoms with Gasteiger partial charge in [-0.2, -0.15) is 11.8 Å². The van der Waals surface area contributed by atoms with Crippen molar-refractivity contribution in [3.63, 3.8) is 0 Å². The van der Waals surface area contributed by atoms with Crippen molar-refractivity contribution in [2.24, 2.45) is 5.92 Å². The molecule has 4 fully saturated rings. The van der Waals surface area contributed by atoms with Gasteiger partial charge in [-0.1, -0.05) is 27.7 Å². The predicted octanol–water partition coefficient (Wildman–Crippen LogP) is 6.24. The lowest BCUT2D eigenvalue weighted by Crippen LogP contribution is -2.70. The quantitative estimate of drug-likeness (QED) is 0.191. The summed E-state index contributed by atoms with van der Waals surface area (Å²) in [4.78, 5) is 37.2. The van der Waals surface area contributed by atoms with E-state index in [1.807, 2.05) is 32.6 Å². The Balaban J connectivity index is 0.00000117. The zero-order valence-corrected chi connectivity index (χ0v) is 30.4. The number of fused-ring (bicyclic) bond motifs is 1. The highest BCUT2D eigenvalue weighted by Gasteiger charge is 2.42. The van der Waals surface area contributed by atoms with Gasteiger partial charge in [-0.05, 0) is 50.8 Å². The first kappa shape index (κ1) is 37.9. The maximum atomic E-state index is 14.9. The number of nitro benzene ring substituents is 1. The monoisotopic (exact) mass is 716 g/mol. The van der Waals surface area contributed by atoms with Crippen LogP contribution in [0.1, 0.15) is 59.2 Å². The van der Waals surface area contributed by atoms with Crippen molar-refractivity contribution in [2.45, 2.75) is 76.5 Å². The summed E-state index contributed by atoms with van der Waals surface area (Å²) in [5.41, 5.74) is 0.0380. The maximum Gasteiger partial charge on any atom is 0.272 e. The summed E-state index contributed by atoms with van der Waals surface area (Å²) in [5, 5.41) is 11.3. The third kappa shape index (κ3) is 8.93. The standard InChI is InChI=1S/C32H38F2N6O5S.2C2H6/c33-26-11-21(40(42)43)1-2-29(26)39-16-23(17-39)38-14-22(15-38)37-7-3-20(4-8-37)18-45-24-12-27(34)31-28(13-24)35-30(36-32(31)41)19-46-25-5-9-44-10-6-25;2*1-2/h1-2,11-13,20,22-23,25H,3-10,14-19H2,(H,35,36,41);2*1-2H3. The molecule has 2 aromatic carbocycles. The molecule has 4 aliphatic heterocycles. The van der Waals surface area contributed by atoms with Crippen LogP contribution in [-0.4, -0.2) is 101 Å². The van der Waals surface area contributed by atoms with E-state index in [1.165, 1.54) is 18.2 Å². The normalized spacial score (nSPS) is 19.5. The fourth-order valence-electron chi connectivity index (χ4n) is 6.90. The smallest absolute Gasteiger partial charge is 0.272 e. The molecular formula is C36H50F2N6O5S. The molecule has 3 aromatic rings. The summed E-state index contributed by atoms with van der Waals surface area (Å²) in [6.07, 6.45) is 3.94. The Kier molecular flexibility index (Phi) is 13.5. The van der Waals surface area contributed by atoms with Gasteiger partial charge in [0.25, 0.3) is 11.2 Å². The number of nitrogens with zero attached hydrogens (tertiary/aromatic N) is 5. The van der Waals surface area contributed by atoms with E-state index in [2.05, 4.69) is 19.8 Å². The summed E-state index contributed by atoms with van der Waals surface area (Å²) in [5.74, 6) is 0.680. The first-order valence-electron chi connectivity index (χ1n) is 18.0. The van der Waals surface area contributed by atoms with E-state index in [1.54, 1.807) is 17.8 Å². The van der Waals surface area contributed by atoms with Crippen molar-refractivity contribution in [1.29, 1.82) is 0 Å². The molecule has 5 heterocycles. The van der Waals surface area contributed by atoms with Crippen LogP contribution in [0.15, 0.2) is 35.1 Å². The number of H-pyrrole nitrogens is 1. The topological polar surface area (TPSA) is 117 Å². The lowest BCUT2D eigenvalue weighted by Gasteiger charge is -2.55. The molecule has 0 spiro atoms. The van der Waals surface area contributed by atoms with Crippen molar-refractivity contribution in [3.05, 3.63) is 68.3 Å². The molecule has 50 heavy (non-hydrogen) atoms. The third-order valence-corrected chi connectivity index (χ3v) is 11.2. The zero-order chi connectivity index (χ0) is 35.8. The van der Waals surface area contributed by atoms with E-state index in [-0.39, 0.29) is 11.1 Å². The van der Waals surface area contributed by atoms with E-state index in [0.29, 0.717) is 58.4 Å². The Morgan fingerprint density at radius 1 is 0.960 bits per heavy atom. The van der Waals surface area contributed by atoms with Gasteiger partial charge >= 0.3 is 0 Å². The highest BCUT2D eigenvalue weighted by molar-refractivity contribution is 7.99. The molecule has 0 amide bonds. The second kappa shape index (κ2) is 17.7. The number of ether oxygens (including phenoxy) is 2. The minimum atomic E-state index is -0.623. The average Bonchev–Trinajstić information content (AvgIpc) is 3.09. The van der Waals surface area contributed by atoms with Gasteiger partial charge in [0.1, 0.15) is 22.8 Å². The molecule has 0 unspecified atom stereocenters. The predicted molar refractivity (Wildman–Crippen MR) is 194 cm³/mol. The molecule has 4 aliphatic rings. The van der Waals surface area contributed by atoms with Gasteiger partial charge in [0, 0.05) is 74.9 Å². The Morgan fingerprint density at radius 3 is 2.30 bits per heavy atom. The van der Waals surface area contributed by atoms with E-state index < -0.39 is 22.1 Å². The Labute approximate surface area is 296 Å². The van der Waals surface area contributed by atoms with Gasteiger partial charge in [0.05, 0.1) is 34.6 Å². The van der Waals surface area contributed by atoms with E-state index in [4.69, 9.17) is 9.47 Å². The summed E-state index contributed by atoms with van der Waals surface area (Å²) in [6.45, 7) is 15.4. The molecule has 274 valence electrons. The number of hydrogen-bond acceptors (Lipinski definition) is 10. The number of anilines is 1. The molecule has 0 atom stereocenters. The number of rotatable bonds is 10. The van der Waals surface area contributed by atoms with E-state index in [9.17, 15) is 23.7 Å². The number of piperidine rings is 1. The van der Waals surface area contributed by atoms with Crippen LogP contribution in [-0.2, 0) is 10.5 Å². The van der Waals surface area contributed by atoms with Crippen LogP contribution in [0.3, 0.4) is 0 Å². The average molecular weight is 717 g/mol. The fraction of sp³-hybridized carbons (Fsp3) is 0.611. The lowest BCUT2D eigenvalue weighted by atomic mass is 9.93. The van der Waals surface area contributed by atoms with Crippen LogP contribution in [0, 0.1) is 27.7 Å². The molecule has 0 bridgehead atoms. The Morgan fingerprint density at radius 2 is 1.64 bits per heavy atom. The first-order chi connectivity index (χ1) is 24.3. The van der Waals surface area contributed by atoms with Crippen LogP contribution in [0.5, 0.6) is 5.75 Å². The van der Waals surface area contributed by atoms with Crippen molar-refractivity contribution >= 4 is 34.0 Å². The largest absolute Gasteiger partial charge is 0.493 e. The summed E-state index contributed by atoms with van der Waals surface area (Å²) < 4.78 is 40.8. The lowest BCUT2D eigenvalue weighted by molar-refractivity contribution is -0.385. The van der Waals surface area contributed by atoms with Crippen molar-refractivity contribution in [3.8, 4) is 5.75 Å². The molecule has 11 nitrogen and oxygen atoms in total. The number of nitrogens with one attached hydrogen (secondary N) is 1. The van der Waals surface area contributed by atoms with Crippen molar-refractivity contribution < 1.29 is 23.2 Å². The van der Waals surface area contributed by atoms with Crippen LogP contribution in [0.25, 0.3) is 10.9 Å². The second-order valence-electron chi connectivity index (χ2n) is 12.8. The number of nitro groups is 1. The molecule has 1 aromatic heterocycles. The Bertz CT molecular complexity index is 1640. The molecule has 0 aliphatic carbocycles. The molecule has 4 saturated heterocycles. The van der Waals surface area contributed by atoms with Gasteiger partial charge in [-0.25, -0.2) is 13.8 Å². The molecule has 7 rings (SSSR count). The number of halogens is 2. The van der Waals surface area contributed by atoms with Gasteiger partial charge in [-0.15, -0.1) is 0 Å².